The third-order valence-corrected chi connectivity index (χ3v) is 3.95. The molecule has 2 heteroatoms. The zero-order valence-corrected chi connectivity index (χ0v) is 9.55. The van der Waals surface area contributed by atoms with E-state index in [0.717, 1.165) is 16.9 Å². The van der Waals surface area contributed by atoms with Crippen LogP contribution in [-0.2, 0) is 5.75 Å². The van der Waals surface area contributed by atoms with Crippen LogP contribution in [0.3, 0.4) is 0 Å². The average molecular weight is 225 g/mol. The first kappa shape index (κ1) is 9.67. The van der Waals surface area contributed by atoms with E-state index in [2.05, 4.69) is 12.1 Å². The fourth-order valence-electron chi connectivity index (χ4n) is 1.99. The third kappa shape index (κ3) is 1.46. The Bertz CT molecular complexity index is 511. The summed E-state index contributed by atoms with van der Waals surface area (Å²) in [7, 11) is 0. The first-order valence-electron chi connectivity index (χ1n) is 5.25. The van der Waals surface area contributed by atoms with Crippen LogP contribution in [0.4, 0.5) is 0 Å². The highest BCUT2D eigenvalue weighted by molar-refractivity contribution is 7.98. The van der Waals surface area contributed by atoms with Gasteiger partial charge in [0.15, 0.2) is 0 Å². The molecule has 0 saturated heterocycles. The molecule has 0 unspecified atom stereocenters. The van der Waals surface area contributed by atoms with E-state index in [1.165, 1.54) is 10.5 Å². The van der Waals surface area contributed by atoms with Crippen LogP contribution >= 0.6 is 11.8 Å². The first-order chi connectivity index (χ1) is 7.86. The highest BCUT2D eigenvalue weighted by Gasteiger charge is 2.17. The Kier molecular flexibility index (Phi) is 2.29. The summed E-state index contributed by atoms with van der Waals surface area (Å²) >= 11 is 1.82. The number of hydrogen-bond donors (Lipinski definition) is 1. The smallest absolute Gasteiger partial charge is 0.0698 e. The minimum absolute atomic E-state index is 0.649. The third-order valence-electron chi connectivity index (χ3n) is 2.83. The molecule has 1 aliphatic rings. The molecule has 3 rings (SSSR count). The Hall–Kier alpha value is -1.54. The Labute approximate surface area is 99.0 Å². The molecule has 0 aromatic heterocycles. The number of rotatable bonds is 0. The van der Waals surface area contributed by atoms with Gasteiger partial charge in [-0.25, -0.2) is 0 Å². The van der Waals surface area contributed by atoms with Gasteiger partial charge in [-0.15, -0.1) is 11.8 Å². The minimum atomic E-state index is 0.649. The summed E-state index contributed by atoms with van der Waals surface area (Å²) in [6, 6.07) is 16.4. The van der Waals surface area contributed by atoms with Crippen molar-refractivity contribution in [3.05, 3.63) is 65.2 Å². The lowest BCUT2D eigenvalue weighted by atomic mass is 9.99. The zero-order chi connectivity index (χ0) is 11.0. The monoisotopic (exact) mass is 225 g/mol. The van der Waals surface area contributed by atoms with Crippen molar-refractivity contribution < 1.29 is 0 Å². The van der Waals surface area contributed by atoms with Gasteiger partial charge in [0, 0.05) is 21.8 Å². The van der Waals surface area contributed by atoms with Crippen molar-refractivity contribution in [3.8, 4) is 0 Å². The van der Waals surface area contributed by atoms with Crippen LogP contribution < -0.4 is 0 Å². The minimum Gasteiger partial charge on any atom is -0.300 e. The highest BCUT2D eigenvalue weighted by Crippen LogP contribution is 2.33. The van der Waals surface area contributed by atoms with E-state index in [1.54, 1.807) is 0 Å². The Morgan fingerprint density at radius 3 is 2.44 bits per heavy atom. The second-order valence-corrected chi connectivity index (χ2v) is 4.83. The normalized spacial score (nSPS) is 13.9. The lowest BCUT2D eigenvalue weighted by Crippen LogP contribution is -2.03. The second-order valence-electron chi connectivity index (χ2n) is 3.82. The highest BCUT2D eigenvalue weighted by atomic mass is 32.2. The lowest BCUT2D eigenvalue weighted by Gasteiger charge is -2.06. The number of fused-ring (bicyclic) bond motifs is 2. The van der Waals surface area contributed by atoms with Crippen LogP contribution in [0.2, 0.25) is 0 Å². The molecule has 2 aromatic rings. The van der Waals surface area contributed by atoms with E-state index in [9.17, 15) is 0 Å². The van der Waals surface area contributed by atoms with Gasteiger partial charge in [0.1, 0.15) is 0 Å². The van der Waals surface area contributed by atoms with E-state index in [-0.39, 0.29) is 0 Å². The molecule has 2 aromatic carbocycles. The molecule has 1 heterocycles. The number of thioether (sulfide) groups is 1. The molecule has 1 nitrogen and oxygen atoms in total. The SMILES string of the molecule is N=C1c2ccccc2CSc2ccccc21. The molecular formula is C14H11NS. The Morgan fingerprint density at radius 2 is 1.56 bits per heavy atom. The van der Waals surface area contributed by atoms with Gasteiger partial charge in [0.25, 0.3) is 0 Å². The Balaban J connectivity index is 2.22. The summed E-state index contributed by atoms with van der Waals surface area (Å²) in [5.74, 6) is 0.954. The maximum atomic E-state index is 8.28. The standard InChI is InChI=1S/C14H11NS/c15-14-11-6-2-1-5-10(11)9-16-13-8-4-3-7-12(13)14/h1-8,15H,9H2. The van der Waals surface area contributed by atoms with Gasteiger partial charge >= 0.3 is 0 Å². The van der Waals surface area contributed by atoms with Crippen LogP contribution in [-0.4, -0.2) is 5.71 Å². The lowest BCUT2D eigenvalue weighted by molar-refractivity contribution is 1.37. The summed E-state index contributed by atoms with van der Waals surface area (Å²) in [6.45, 7) is 0. The molecule has 0 radical (unpaired) electrons. The summed E-state index contributed by atoms with van der Waals surface area (Å²) in [5, 5.41) is 8.28. The van der Waals surface area contributed by atoms with Gasteiger partial charge in [-0.05, 0) is 11.6 Å². The molecule has 0 saturated carbocycles. The molecule has 0 atom stereocenters. The van der Waals surface area contributed by atoms with E-state index >= 15 is 0 Å². The first-order valence-corrected chi connectivity index (χ1v) is 6.24. The fourth-order valence-corrected chi connectivity index (χ4v) is 3.05. The zero-order valence-electron chi connectivity index (χ0n) is 8.73. The molecule has 1 N–H and O–H groups in total. The van der Waals surface area contributed by atoms with Crippen molar-refractivity contribution in [2.45, 2.75) is 10.6 Å². The molecule has 78 valence electrons. The van der Waals surface area contributed by atoms with Crippen LogP contribution in [0.1, 0.15) is 16.7 Å². The summed E-state index contributed by atoms with van der Waals surface area (Å²) in [6.07, 6.45) is 0. The van der Waals surface area contributed by atoms with Crippen LogP contribution in [0.25, 0.3) is 0 Å². The molecule has 0 aliphatic carbocycles. The largest absolute Gasteiger partial charge is 0.300 e. The van der Waals surface area contributed by atoms with Gasteiger partial charge in [-0.3, -0.25) is 5.41 Å². The molecule has 0 bridgehead atoms. The molecular weight excluding hydrogens is 214 g/mol. The van der Waals surface area contributed by atoms with E-state index in [0.29, 0.717) is 5.71 Å². The summed E-state index contributed by atoms with van der Waals surface area (Å²) < 4.78 is 0. The fraction of sp³-hybridized carbons (Fsp3) is 0.0714. The molecule has 0 spiro atoms. The maximum Gasteiger partial charge on any atom is 0.0698 e. The van der Waals surface area contributed by atoms with Gasteiger partial charge in [0.2, 0.25) is 0 Å². The number of hydrogen-bond acceptors (Lipinski definition) is 2. The van der Waals surface area contributed by atoms with E-state index in [1.807, 2.05) is 48.2 Å². The van der Waals surface area contributed by atoms with Crippen LogP contribution in [0, 0.1) is 5.41 Å². The maximum absolute atomic E-state index is 8.28. The van der Waals surface area contributed by atoms with Crippen molar-refractivity contribution in [1.82, 2.24) is 0 Å². The number of nitrogens with one attached hydrogen (secondary N) is 1. The van der Waals surface area contributed by atoms with Gasteiger partial charge in [-0.1, -0.05) is 42.5 Å². The Morgan fingerprint density at radius 1 is 0.875 bits per heavy atom. The number of benzene rings is 2. The summed E-state index contributed by atoms with van der Waals surface area (Å²) in [4.78, 5) is 1.21. The van der Waals surface area contributed by atoms with Gasteiger partial charge < -0.3 is 0 Å². The quantitative estimate of drug-likeness (QED) is 0.726. The second kappa shape index (κ2) is 3.80. The van der Waals surface area contributed by atoms with Gasteiger partial charge in [-0.2, -0.15) is 0 Å². The molecule has 1 aliphatic heterocycles. The summed E-state index contributed by atoms with van der Waals surface area (Å²) in [5.41, 5.74) is 4.03. The van der Waals surface area contributed by atoms with Crippen molar-refractivity contribution in [2.75, 3.05) is 0 Å². The van der Waals surface area contributed by atoms with Crippen molar-refractivity contribution in [3.63, 3.8) is 0 Å². The predicted octanol–water partition coefficient (Wildman–Crippen LogP) is 3.71. The van der Waals surface area contributed by atoms with Crippen molar-refractivity contribution in [1.29, 1.82) is 5.41 Å². The average Bonchev–Trinajstić information content (AvgIpc) is 2.49. The van der Waals surface area contributed by atoms with Crippen LogP contribution in [0.15, 0.2) is 53.4 Å². The topological polar surface area (TPSA) is 23.9 Å². The van der Waals surface area contributed by atoms with E-state index in [4.69, 9.17) is 5.41 Å². The molecule has 16 heavy (non-hydrogen) atoms. The molecule has 0 fully saturated rings. The van der Waals surface area contributed by atoms with Gasteiger partial charge in [0.05, 0.1) is 5.71 Å². The van der Waals surface area contributed by atoms with Crippen molar-refractivity contribution >= 4 is 17.5 Å². The van der Waals surface area contributed by atoms with Crippen molar-refractivity contribution in [2.24, 2.45) is 0 Å². The van der Waals surface area contributed by atoms with Crippen LogP contribution in [0.5, 0.6) is 0 Å². The molecule has 0 amide bonds. The predicted molar refractivity (Wildman–Crippen MR) is 68.4 cm³/mol. The van der Waals surface area contributed by atoms with E-state index < -0.39 is 0 Å².